The minimum Gasteiger partial charge on any atom is -0.505 e. The van der Waals surface area contributed by atoms with Crippen LogP contribution in [0.25, 0.3) is 5.69 Å². The van der Waals surface area contributed by atoms with Crippen molar-refractivity contribution >= 4 is 11.4 Å². The molecule has 41 heavy (non-hydrogen) atoms. The van der Waals surface area contributed by atoms with E-state index >= 15 is 0 Å². The molecule has 1 aliphatic carbocycles. The van der Waals surface area contributed by atoms with Crippen molar-refractivity contribution in [2.24, 2.45) is 10.2 Å². The van der Waals surface area contributed by atoms with Crippen LogP contribution in [0.2, 0.25) is 0 Å². The van der Waals surface area contributed by atoms with Crippen LogP contribution in [-0.4, -0.2) is 54.4 Å². The highest BCUT2D eigenvalue weighted by molar-refractivity contribution is 5.58. The highest BCUT2D eigenvalue weighted by Gasteiger charge is 2.29. The zero-order valence-corrected chi connectivity index (χ0v) is 23.5. The molecule has 0 bridgehead atoms. The lowest BCUT2D eigenvalue weighted by molar-refractivity contribution is 0.370. The van der Waals surface area contributed by atoms with E-state index in [9.17, 15) is 19.4 Å². The van der Waals surface area contributed by atoms with Crippen LogP contribution >= 0.6 is 0 Å². The lowest BCUT2D eigenvalue weighted by atomic mass is 9.77. The number of azo groups is 1. The van der Waals surface area contributed by atoms with Gasteiger partial charge in [0.05, 0.1) is 5.69 Å². The number of hydrogen-bond acceptors (Lipinski definition) is 9. The number of benzene rings is 2. The maximum absolute atomic E-state index is 14.0. The third kappa shape index (κ3) is 5.60. The number of para-hydroxylation sites is 1. The molecule has 12 heteroatoms. The van der Waals surface area contributed by atoms with Crippen LogP contribution in [-0.2, 0) is 6.54 Å². The Balaban J connectivity index is 1.54. The largest absolute Gasteiger partial charge is 0.505 e. The number of aromatic nitrogens is 5. The van der Waals surface area contributed by atoms with Crippen molar-refractivity contribution in [1.82, 2.24) is 30.1 Å². The Kier molecular flexibility index (Phi) is 7.93. The summed E-state index contributed by atoms with van der Waals surface area (Å²) in [6.45, 7) is 3.61. The van der Waals surface area contributed by atoms with Gasteiger partial charge in [0.25, 0.3) is 5.56 Å². The number of pyridine rings is 1. The Morgan fingerprint density at radius 1 is 1.12 bits per heavy atom. The zero-order chi connectivity index (χ0) is 29.3. The molecule has 0 aliphatic heterocycles. The standard InChI is InChI=1S/C29H33FN8O3/c1-16-13-20(11-12-23(16)30)38-28(40)22(15-37(3)4)17(2)25(29(38)41)32-31-24-10-6-9-21(26(24)39)18-7-5-8-19(14-18)27-33-35-36-34-27/h6,9-13,18-19,39-40H,5,7-8,14-15H2,1-4H3,(H,33,34,35,36). The molecule has 5 rings (SSSR count). The van der Waals surface area contributed by atoms with Gasteiger partial charge in [-0.15, -0.1) is 20.4 Å². The molecular formula is C29H33FN8O3. The van der Waals surface area contributed by atoms with Crippen LogP contribution in [0.3, 0.4) is 0 Å². The van der Waals surface area contributed by atoms with Crippen molar-refractivity contribution in [3.63, 3.8) is 0 Å². The van der Waals surface area contributed by atoms with E-state index in [1.165, 1.54) is 18.2 Å². The smallest absolute Gasteiger partial charge is 0.285 e. The summed E-state index contributed by atoms with van der Waals surface area (Å²) in [5.74, 6) is 0.232. The number of rotatable bonds is 7. The van der Waals surface area contributed by atoms with Gasteiger partial charge in [-0.1, -0.05) is 23.8 Å². The van der Waals surface area contributed by atoms with E-state index in [4.69, 9.17) is 0 Å². The van der Waals surface area contributed by atoms with Gasteiger partial charge in [-0.3, -0.25) is 4.79 Å². The number of aryl methyl sites for hydroxylation is 1. The summed E-state index contributed by atoms with van der Waals surface area (Å²) in [6.07, 6.45) is 3.57. The Bertz CT molecular complexity index is 1650. The second kappa shape index (κ2) is 11.6. The minimum atomic E-state index is -0.608. The van der Waals surface area contributed by atoms with Gasteiger partial charge in [0, 0.05) is 18.0 Å². The van der Waals surface area contributed by atoms with E-state index in [0.29, 0.717) is 34.7 Å². The van der Waals surface area contributed by atoms with Gasteiger partial charge in [0.15, 0.2) is 11.5 Å². The van der Waals surface area contributed by atoms with Crippen molar-refractivity contribution in [2.45, 2.75) is 57.9 Å². The molecule has 2 aromatic carbocycles. The Hall–Kier alpha value is -4.45. The molecule has 3 N–H and O–H groups in total. The molecule has 4 aromatic rings. The predicted octanol–water partition coefficient (Wildman–Crippen LogP) is 5.44. The summed E-state index contributed by atoms with van der Waals surface area (Å²) >= 11 is 0. The van der Waals surface area contributed by atoms with Gasteiger partial charge >= 0.3 is 0 Å². The Morgan fingerprint density at radius 3 is 2.61 bits per heavy atom. The number of nitrogens with zero attached hydrogens (tertiary/aromatic N) is 7. The highest BCUT2D eigenvalue weighted by atomic mass is 19.1. The monoisotopic (exact) mass is 560 g/mol. The predicted molar refractivity (Wildman–Crippen MR) is 151 cm³/mol. The first kappa shape index (κ1) is 28.1. The van der Waals surface area contributed by atoms with E-state index in [2.05, 4.69) is 30.9 Å². The van der Waals surface area contributed by atoms with E-state index in [0.717, 1.165) is 35.8 Å². The van der Waals surface area contributed by atoms with Crippen molar-refractivity contribution in [1.29, 1.82) is 0 Å². The molecule has 11 nitrogen and oxygen atoms in total. The van der Waals surface area contributed by atoms with Crippen molar-refractivity contribution in [2.75, 3.05) is 14.1 Å². The summed E-state index contributed by atoms with van der Waals surface area (Å²) in [4.78, 5) is 15.5. The van der Waals surface area contributed by atoms with Crippen molar-refractivity contribution < 1.29 is 14.6 Å². The minimum absolute atomic E-state index is 0.00874. The van der Waals surface area contributed by atoms with Crippen LogP contribution in [0.5, 0.6) is 11.6 Å². The van der Waals surface area contributed by atoms with Crippen LogP contribution in [0.15, 0.2) is 51.4 Å². The molecule has 1 fully saturated rings. The fourth-order valence-corrected chi connectivity index (χ4v) is 5.55. The summed E-state index contributed by atoms with van der Waals surface area (Å²) in [5.41, 5.74) is 1.98. The van der Waals surface area contributed by atoms with E-state index in [-0.39, 0.29) is 34.8 Å². The fraction of sp³-hybridized carbons (Fsp3) is 0.379. The number of aromatic hydroxyl groups is 2. The van der Waals surface area contributed by atoms with Crippen molar-refractivity contribution in [3.05, 3.63) is 80.6 Å². The van der Waals surface area contributed by atoms with Gasteiger partial charge in [0.2, 0.25) is 5.88 Å². The molecule has 1 aliphatic rings. The van der Waals surface area contributed by atoms with Gasteiger partial charge in [0.1, 0.15) is 17.3 Å². The molecular weight excluding hydrogens is 527 g/mol. The molecule has 214 valence electrons. The number of phenolic OH excluding ortho intramolecular Hbond substituents is 1. The molecule has 1 saturated carbocycles. The van der Waals surface area contributed by atoms with E-state index in [1.807, 2.05) is 31.1 Å². The number of H-pyrrole nitrogens is 1. The van der Waals surface area contributed by atoms with E-state index in [1.54, 1.807) is 19.9 Å². The molecule has 2 atom stereocenters. The SMILES string of the molecule is Cc1cc(-n2c(O)c(CN(C)C)c(C)c(N=Nc3cccc(C4CCCC(c5nn[nH]n5)C4)c3O)c2=O)ccc1F. The second-order valence-corrected chi connectivity index (χ2v) is 10.8. The fourth-order valence-electron chi connectivity index (χ4n) is 5.55. The molecule has 2 unspecified atom stereocenters. The zero-order valence-electron chi connectivity index (χ0n) is 23.5. The third-order valence-corrected chi connectivity index (χ3v) is 7.71. The summed E-state index contributed by atoms with van der Waals surface area (Å²) in [6, 6.07) is 9.50. The number of tetrazole rings is 1. The lowest BCUT2D eigenvalue weighted by Gasteiger charge is -2.28. The van der Waals surface area contributed by atoms with Crippen LogP contribution in [0.1, 0.15) is 65.6 Å². The van der Waals surface area contributed by atoms with Crippen LogP contribution < -0.4 is 5.56 Å². The van der Waals surface area contributed by atoms with Gasteiger partial charge in [-0.2, -0.15) is 5.21 Å². The van der Waals surface area contributed by atoms with Gasteiger partial charge in [-0.25, -0.2) is 8.96 Å². The summed E-state index contributed by atoms with van der Waals surface area (Å²) in [5, 5.41) is 45.5. The average molecular weight is 561 g/mol. The molecule has 2 aromatic heterocycles. The molecule has 2 heterocycles. The number of aromatic amines is 1. The first-order valence-electron chi connectivity index (χ1n) is 13.5. The number of hydrogen-bond donors (Lipinski definition) is 3. The third-order valence-electron chi connectivity index (χ3n) is 7.71. The average Bonchev–Trinajstić information content (AvgIpc) is 3.49. The van der Waals surface area contributed by atoms with Gasteiger partial charge < -0.3 is 15.1 Å². The van der Waals surface area contributed by atoms with Crippen LogP contribution in [0, 0.1) is 19.7 Å². The quantitative estimate of drug-likeness (QED) is 0.255. The summed E-state index contributed by atoms with van der Waals surface area (Å²) < 4.78 is 15.1. The number of nitrogens with one attached hydrogen (secondary N) is 1. The summed E-state index contributed by atoms with van der Waals surface area (Å²) in [7, 11) is 3.69. The number of halogens is 1. The Labute approximate surface area is 236 Å². The lowest BCUT2D eigenvalue weighted by Crippen LogP contribution is -2.23. The maximum Gasteiger partial charge on any atom is 0.285 e. The molecule has 0 radical (unpaired) electrons. The number of phenols is 1. The first-order valence-corrected chi connectivity index (χ1v) is 13.5. The molecule has 0 spiro atoms. The molecule has 0 amide bonds. The topological polar surface area (TPSA) is 145 Å². The van der Waals surface area contributed by atoms with Crippen molar-refractivity contribution in [3.8, 4) is 17.3 Å². The maximum atomic E-state index is 14.0. The van der Waals surface area contributed by atoms with E-state index < -0.39 is 11.4 Å². The normalized spacial score (nSPS) is 17.5. The Morgan fingerprint density at radius 2 is 1.90 bits per heavy atom. The highest BCUT2D eigenvalue weighted by Crippen LogP contribution is 2.45. The first-order chi connectivity index (χ1) is 19.7. The van der Waals surface area contributed by atoms with Gasteiger partial charge in [-0.05, 0) is 94.1 Å². The molecule has 0 saturated heterocycles. The van der Waals surface area contributed by atoms with Crippen LogP contribution in [0.4, 0.5) is 15.8 Å². The second-order valence-electron chi connectivity index (χ2n) is 10.8.